The van der Waals surface area contributed by atoms with Crippen LogP contribution in [0.15, 0.2) is 48.8 Å². The second-order valence-corrected chi connectivity index (χ2v) is 5.43. The molecule has 24 heavy (non-hydrogen) atoms. The first-order valence-electron chi connectivity index (χ1n) is 7.45. The fraction of sp³-hybridized carbons (Fsp3) is 0.111. The average Bonchev–Trinajstić information content (AvgIpc) is 3.01. The molecule has 2 N–H and O–H groups in total. The van der Waals surface area contributed by atoms with Gasteiger partial charge >= 0.3 is 0 Å². The molecule has 0 atom stereocenters. The topological polar surface area (TPSA) is 74.7 Å². The Kier molecular flexibility index (Phi) is 3.23. The first-order chi connectivity index (χ1) is 11.7. The van der Waals surface area contributed by atoms with Gasteiger partial charge in [0, 0.05) is 11.6 Å². The van der Waals surface area contributed by atoms with Crippen LogP contribution < -0.4 is 15.2 Å². The highest BCUT2D eigenvalue weighted by molar-refractivity contribution is 5.94. The fourth-order valence-electron chi connectivity index (χ4n) is 2.92. The van der Waals surface area contributed by atoms with Gasteiger partial charge in [-0.2, -0.15) is 9.61 Å². The molecular formula is C18H16N4O2. The first-order valence-corrected chi connectivity index (χ1v) is 7.45. The van der Waals surface area contributed by atoms with Gasteiger partial charge < -0.3 is 15.2 Å². The third-order valence-electron chi connectivity index (χ3n) is 4.12. The summed E-state index contributed by atoms with van der Waals surface area (Å²) in [6, 6.07) is 14.1. The van der Waals surface area contributed by atoms with E-state index in [4.69, 9.17) is 15.2 Å². The first kappa shape index (κ1) is 14.3. The van der Waals surface area contributed by atoms with Gasteiger partial charge in [-0.1, -0.05) is 18.2 Å². The second-order valence-electron chi connectivity index (χ2n) is 5.43. The third kappa shape index (κ3) is 2.11. The number of rotatable bonds is 3. The monoisotopic (exact) mass is 320 g/mol. The van der Waals surface area contributed by atoms with E-state index in [2.05, 4.69) is 22.2 Å². The number of benzene rings is 2. The van der Waals surface area contributed by atoms with Crippen LogP contribution >= 0.6 is 0 Å². The number of aromatic nitrogens is 3. The number of methoxy groups -OCH3 is 2. The minimum Gasteiger partial charge on any atom is -0.497 e. The molecule has 0 aliphatic carbocycles. The number of anilines is 1. The molecule has 4 rings (SSSR count). The summed E-state index contributed by atoms with van der Waals surface area (Å²) in [5.74, 6) is 1.87. The van der Waals surface area contributed by atoms with Crippen LogP contribution in [0, 0.1) is 0 Å². The van der Waals surface area contributed by atoms with Crippen LogP contribution in [0.3, 0.4) is 0 Å². The van der Waals surface area contributed by atoms with Gasteiger partial charge in [0.1, 0.15) is 17.6 Å². The van der Waals surface area contributed by atoms with Crippen LogP contribution in [0.5, 0.6) is 11.6 Å². The lowest BCUT2D eigenvalue weighted by molar-refractivity contribution is 0.387. The van der Waals surface area contributed by atoms with Gasteiger partial charge in [-0.25, -0.2) is 4.98 Å². The zero-order valence-corrected chi connectivity index (χ0v) is 13.4. The maximum Gasteiger partial charge on any atom is 0.215 e. The van der Waals surface area contributed by atoms with Crippen molar-refractivity contribution >= 4 is 22.1 Å². The quantitative estimate of drug-likeness (QED) is 0.627. The molecule has 4 aromatic rings. The van der Waals surface area contributed by atoms with Crippen molar-refractivity contribution in [2.45, 2.75) is 0 Å². The van der Waals surface area contributed by atoms with E-state index >= 15 is 0 Å². The van der Waals surface area contributed by atoms with Crippen molar-refractivity contribution in [1.29, 1.82) is 0 Å². The van der Waals surface area contributed by atoms with E-state index in [0.717, 1.165) is 33.2 Å². The number of ether oxygens (including phenoxy) is 2. The van der Waals surface area contributed by atoms with Gasteiger partial charge in [0.15, 0.2) is 5.82 Å². The van der Waals surface area contributed by atoms with E-state index in [1.165, 1.54) is 6.33 Å². The van der Waals surface area contributed by atoms with Crippen LogP contribution in [-0.4, -0.2) is 28.8 Å². The summed E-state index contributed by atoms with van der Waals surface area (Å²) in [7, 11) is 3.27. The van der Waals surface area contributed by atoms with Gasteiger partial charge in [0.2, 0.25) is 5.88 Å². The van der Waals surface area contributed by atoms with Crippen LogP contribution in [0.4, 0.5) is 5.82 Å². The number of nitrogens with two attached hydrogens (primary N) is 1. The maximum atomic E-state index is 6.07. The molecule has 6 nitrogen and oxygen atoms in total. The van der Waals surface area contributed by atoms with Gasteiger partial charge in [-0.15, -0.1) is 0 Å². The number of nitrogen functional groups attached to an aromatic ring is 1. The Morgan fingerprint density at radius 2 is 1.75 bits per heavy atom. The lowest BCUT2D eigenvalue weighted by atomic mass is 10.0. The van der Waals surface area contributed by atoms with E-state index in [-0.39, 0.29) is 0 Å². The molecule has 2 aromatic heterocycles. The molecule has 0 unspecified atom stereocenters. The normalized spacial score (nSPS) is 11.1. The molecule has 0 saturated heterocycles. The Morgan fingerprint density at radius 1 is 0.958 bits per heavy atom. The molecule has 0 radical (unpaired) electrons. The Bertz CT molecular complexity index is 1060. The molecule has 2 heterocycles. The lowest BCUT2D eigenvalue weighted by Gasteiger charge is -2.06. The molecule has 0 fully saturated rings. The Labute approximate surface area is 138 Å². The van der Waals surface area contributed by atoms with Crippen LogP contribution in [-0.2, 0) is 0 Å². The van der Waals surface area contributed by atoms with Crippen molar-refractivity contribution in [1.82, 2.24) is 14.6 Å². The molecular weight excluding hydrogens is 304 g/mol. The van der Waals surface area contributed by atoms with Crippen molar-refractivity contribution in [3.8, 4) is 22.8 Å². The Hall–Kier alpha value is -3.28. The molecule has 0 bridgehead atoms. The minimum absolute atomic E-state index is 0.415. The largest absolute Gasteiger partial charge is 0.497 e. The van der Waals surface area contributed by atoms with E-state index in [1.54, 1.807) is 18.7 Å². The maximum absolute atomic E-state index is 6.07. The Morgan fingerprint density at radius 3 is 2.54 bits per heavy atom. The summed E-state index contributed by atoms with van der Waals surface area (Å²) in [4.78, 5) is 4.10. The summed E-state index contributed by atoms with van der Waals surface area (Å²) in [6.45, 7) is 0. The lowest BCUT2D eigenvalue weighted by Crippen LogP contribution is -2.00. The predicted molar refractivity (Wildman–Crippen MR) is 93.4 cm³/mol. The number of fused-ring (bicyclic) bond motifs is 2. The van der Waals surface area contributed by atoms with Gasteiger partial charge in [-0.05, 0) is 34.5 Å². The summed E-state index contributed by atoms with van der Waals surface area (Å²) < 4.78 is 12.3. The van der Waals surface area contributed by atoms with Crippen molar-refractivity contribution < 1.29 is 9.47 Å². The molecule has 0 spiro atoms. The van der Waals surface area contributed by atoms with Crippen molar-refractivity contribution in [3.05, 3.63) is 48.8 Å². The van der Waals surface area contributed by atoms with E-state index < -0.39 is 0 Å². The molecule has 0 aliphatic heterocycles. The van der Waals surface area contributed by atoms with E-state index in [9.17, 15) is 0 Å². The Balaban J connectivity index is 1.96. The van der Waals surface area contributed by atoms with Gasteiger partial charge in [0.05, 0.1) is 14.2 Å². The SMILES string of the molecule is COc1ccc2cc(-c3cc(OC)n4ncnc(N)c34)ccc2c1. The molecule has 120 valence electrons. The highest BCUT2D eigenvalue weighted by atomic mass is 16.5. The smallest absolute Gasteiger partial charge is 0.215 e. The van der Waals surface area contributed by atoms with Gasteiger partial charge in [0.25, 0.3) is 0 Å². The summed E-state index contributed by atoms with van der Waals surface area (Å²) in [5.41, 5.74) is 8.76. The number of nitrogens with zero attached hydrogens (tertiary/aromatic N) is 3. The summed E-state index contributed by atoms with van der Waals surface area (Å²) >= 11 is 0. The third-order valence-corrected chi connectivity index (χ3v) is 4.12. The second kappa shape index (κ2) is 5.42. The molecule has 6 heteroatoms. The van der Waals surface area contributed by atoms with Crippen LogP contribution in [0.1, 0.15) is 0 Å². The van der Waals surface area contributed by atoms with Crippen LogP contribution in [0.2, 0.25) is 0 Å². The minimum atomic E-state index is 0.415. The van der Waals surface area contributed by atoms with Crippen molar-refractivity contribution in [2.24, 2.45) is 0 Å². The zero-order chi connectivity index (χ0) is 16.7. The fourth-order valence-corrected chi connectivity index (χ4v) is 2.92. The molecule has 0 aliphatic rings. The van der Waals surface area contributed by atoms with E-state index in [1.807, 2.05) is 30.3 Å². The van der Waals surface area contributed by atoms with Crippen molar-refractivity contribution in [3.63, 3.8) is 0 Å². The standard InChI is InChI=1S/C18H16N4O2/c1-23-14-6-5-11-7-13(4-3-12(11)8-14)15-9-16(24-2)22-17(15)18(19)20-10-21-22/h3-10H,1-2H3,(H2,19,20,21). The highest BCUT2D eigenvalue weighted by Gasteiger charge is 2.15. The number of hydrogen-bond donors (Lipinski definition) is 1. The number of hydrogen-bond acceptors (Lipinski definition) is 5. The van der Waals surface area contributed by atoms with Crippen molar-refractivity contribution in [2.75, 3.05) is 20.0 Å². The average molecular weight is 320 g/mol. The van der Waals surface area contributed by atoms with E-state index in [0.29, 0.717) is 11.7 Å². The van der Waals surface area contributed by atoms with Crippen LogP contribution in [0.25, 0.3) is 27.4 Å². The zero-order valence-electron chi connectivity index (χ0n) is 13.4. The summed E-state index contributed by atoms with van der Waals surface area (Å²) in [6.07, 6.45) is 1.42. The highest BCUT2D eigenvalue weighted by Crippen LogP contribution is 2.35. The predicted octanol–water partition coefficient (Wildman–Crippen LogP) is 3.15. The molecule has 0 saturated carbocycles. The van der Waals surface area contributed by atoms with Gasteiger partial charge in [-0.3, -0.25) is 0 Å². The molecule has 0 amide bonds. The summed E-state index contributed by atoms with van der Waals surface area (Å²) in [5, 5.41) is 6.45. The molecule has 2 aromatic carbocycles.